The van der Waals surface area contributed by atoms with Crippen LogP contribution in [-0.2, 0) is 25.5 Å². The lowest BCUT2D eigenvalue weighted by molar-refractivity contribution is -0.138. The van der Waals surface area contributed by atoms with Crippen LogP contribution >= 0.6 is 0 Å². The number of aldehydes is 1. The Hall–Kier alpha value is -2.10. The van der Waals surface area contributed by atoms with Crippen molar-refractivity contribution in [3.63, 3.8) is 0 Å². The van der Waals surface area contributed by atoms with Crippen LogP contribution in [-0.4, -0.2) is 25.5 Å². The Morgan fingerprint density at radius 2 is 1.80 bits per heavy atom. The molecular weight excluding hydrogens is 256 g/mol. The Balaban J connectivity index is 0.000000367. The molecule has 1 aromatic rings. The third-order valence-corrected chi connectivity index (χ3v) is 2.19. The zero-order valence-corrected chi connectivity index (χ0v) is 12.3. The summed E-state index contributed by atoms with van der Waals surface area (Å²) in [5, 5.41) is 0. The highest BCUT2D eigenvalue weighted by molar-refractivity contribution is 5.87. The number of ether oxygens (including phenoxy) is 2. The third-order valence-electron chi connectivity index (χ3n) is 2.19. The first kappa shape index (κ1) is 17.9. The molecule has 0 aliphatic heterocycles. The molecule has 0 heterocycles. The van der Waals surface area contributed by atoms with E-state index in [4.69, 9.17) is 9.47 Å². The van der Waals surface area contributed by atoms with Crippen LogP contribution in [0.1, 0.15) is 26.3 Å². The lowest BCUT2D eigenvalue weighted by Gasteiger charge is -2.00. The molecule has 0 fully saturated rings. The fourth-order valence-corrected chi connectivity index (χ4v) is 1.21. The van der Waals surface area contributed by atoms with Crippen LogP contribution in [0.2, 0.25) is 0 Å². The van der Waals surface area contributed by atoms with Crippen molar-refractivity contribution >= 4 is 12.3 Å². The van der Waals surface area contributed by atoms with Crippen molar-refractivity contribution in [2.75, 3.05) is 13.2 Å². The molecule has 0 bridgehead atoms. The minimum absolute atomic E-state index is 0.319. The van der Waals surface area contributed by atoms with E-state index in [-0.39, 0.29) is 5.97 Å². The van der Waals surface area contributed by atoms with Gasteiger partial charge < -0.3 is 14.3 Å². The third kappa shape index (κ3) is 8.91. The summed E-state index contributed by atoms with van der Waals surface area (Å²) in [5.74, 6) is -0.319. The summed E-state index contributed by atoms with van der Waals surface area (Å²) in [6.07, 6.45) is 2.86. The molecule has 20 heavy (non-hydrogen) atoms. The Labute approximate surface area is 120 Å². The monoisotopic (exact) mass is 278 g/mol. The summed E-state index contributed by atoms with van der Waals surface area (Å²) in [6.45, 7) is 6.25. The van der Waals surface area contributed by atoms with Gasteiger partial charge in [0, 0.05) is 6.42 Å². The molecule has 0 radical (unpaired) electrons. The topological polar surface area (TPSA) is 52.6 Å². The van der Waals surface area contributed by atoms with Crippen LogP contribution in [0.15, 0.2) is 42.2 Å². The van der Waals surface area contributed by atoms with Crippen LogP contribution in [0.5, 0.6) is 0 Å². The highest BCUT2D eigenvalue weighted by Gasteiger charge is 2.03. The molecule has 0 N–H and O–H groups in total. The van der Waals surface area contributed by atoms with Crippen LogP contribution in [0.3, 0.4) is 0 Å². The molecule has 1 aromatic carbocycles. The lowest BCUT2D eigenvalue weighted by Crippen LogP contribution is -2.05. The molecule has 0 atom stereocenters. The number of benzene rings is 1. The van der Waals surface area contributed by atoms with Gasteiger partial charge in [-0.2, -0.15) is 0 Å². The van der Waals surface area contributed by atoms with E-state index in [9.17, 15) is 9.59 Å². The summed E-state index contributed by atoms with van der Waals surface area (Å²) < 4.78 is 9.61. The Kier molecular flexibility index (Phi) is 10.7. The predicted octanol–water partition coefficient (Wildman–Crippen LogP) is 2.92. The van der Waals surface area contributed by atoms with Gasteiger partial charge in [-0.3, -0.25) is 0 Å². The molecule has 0 unspecified atom stereocenters. The first-order chi connectivity index (χ1) is 9.65. The van der Waals surface area contributed by atoms with Gasteiger partial charge in [0.1, 0.15) is 6.29 Å². The number of esters is 1. The summed E-state index contributed by atoms with van der Waals surface area (Å²) in [4.78, 5) is 20.9. The molecule has 0 saturated carbocycles. The summed E-state index contributed by atoms with van der Waals surface area (Å²) in [6, 6.07) is 9.68. The first-order valence-corrected chi connectivity index (χ1v) is 6.58. The second-order valence-corrected chi connectivity index (χ2v) is 3.83. The first-order valence-electron chi connectivity index (χ1n) is 6.58. The van der Waals surface area contributed by atoms with Crippen molar-refractivity contribution in [3.8, 4) is 0 Å². The minimum Gasteiger partial charge on any atom is -0.501 e. The van der Waals surface area contributed by atoms with Gasteiger partial charge in [-0.1, -0.05) is 30.3 Å². The molecule has 0 amide bonds. The number of hydrogen-bond donors (Lipinski definition) is 0. The van der Waals surface area contributed by atoms with Crippen LogP contribution in [0.25, 0.3) is 0 Å². The molecule has 4 nitrogen and oxygen atoms in total. The largest absolute Gasteiger partial charge is 0.501 e. The van der Waals surface area contributed by atoms with E-state index in [1.807, 2.05) is 37.3 Å². The van der Waals surface area contributed by atoms with Crippen molar-refractivity contribution in [1.29, 1.82) is 0 Å². The molecular formula is C16H22O4. The fraction of sp³-hybridized carbons (Fsp3) is 0.375. The van der Waals surface area contributed by atoms with Gasteiger partial charge in [-0.25, -0.2) is 4.79 Å². The molecule has 0 aliphatic rings. The van der Waals surface area contributed by atoms with E-state index in [0.717, 1.165) is 11.8 Å². The van der Waals surface area contributed by atoms with E-state index in [1.54, 1.807) is 13.8 Å². The molecule has 0 saturated heterocycles. The van der Waals surface area contributed by atoms with Crippen LogP contribution < -0.4 is 0 Å². The average Bonchev–Trinajstić information content (AvgIpc) is 2.47. The molecule has 0 spiro atoms. The number of carbonyl (C=O) groups is 2. The van der Waals surface area contributed by atoms with Gasteiger partial charge >= 0.3 is 5.97 Å². The maximum Gasteiger partial charge on any atom is 0.336 e. The maximum absolute atomic E-state index is 10.9. The number of hydrogen-bond acceptors (Lipinski definition) is 4. The lowest BCUT2D eigenvalue weighted by atomic mass is 10.2. The molecule has 1 rings (SSSR count). The van der Waals surface area contributed by atoms with E-state index in [0.29, 0.717) is 25.2 Å². The van der Waals surface area contributed by atoms with Gasteiger partial charge in [-0.15, -0.1) is 0 Å². The summed E-state index contributed by atoms with van der Waals surface area (Å²) in [5.41, 5.74) is 1.57. The van der Waals surface area contributed by atoms with Crippen molar-refractivity contribution in [2.24, 2.45) is 0 Å². The second kappa shape index (κ2) is 12.0. The normalized spacial score (nSPS) is 10.1. The zero-order chi connectivity index (χ0) is 15.2. The molecule has 110 valence electrons. The SMILES string of the molecule is CCO/C=C(/C)C(=O)OCC.O=CCc1ccccc1. The van der Waals surface area contributed by atoms with Crippen molar-refractivity contribution in [1.82, 2.24) is 0 Å². The van der Waals surface area contributed by atoms with E-state index in [1.165, 1.54) is 6.26 Å². The quantitative estimate of drug-likeness (QED) is 0.347. The number of rotatable bonds is 6. The van der Waals surface area contributed by atoms with E-state index >= 15 is 0 Å². The van der Waals surface area contributed by atoms with Crippen molar-refractivity contribution in [3.05, 3.63) is 47.7 Å². The van der Waals surface area contributed by atoms with E-state index < -0.39 is 0 Å². The Morgan fingerprint density at radius 1 is 1.15 bits per heavy atom. The van der Waals surface area contributed by atoms with Crippen molar-refractivity contribution < 1.29 is 19.1 Å². The highest BCUT2D eigenvalue weighted by atomic mass is 16.5. The van der Waals surface area contributed by atoms with Gasteiger partial charge in [0.15, 0.2) is 0 Å². The molecule has 0 aromatic heterocycles. The highest BCUT2D eigenvalue weighted by Crippen LogP contribution is 1.97. The molecule has 4 heteroatoms. The van der Waals surface area contributed by atoms with E-state index in [2.05, 4.69) is 0 Å². The van der Waals surface area contributed by atoms with Gasteiger partial charge in [0.25, 0.3) is 0 Å². The van der Waals surface area contributed by atoms with Gasteiger partial charge in [-0.05, 0) is 26.3 Å². The summed E-state index contributed by atoms with van der Waals surface area (Å²) >= 11 is 0. The standard InChI is InChI=1S/C8H14O3.C8H8O/c1-4-10-6-7(3)8(9)11-5-2;9-7-6-8-4-2-1-3-5-8/h6H,4-5H2,1-3H3;1-5,7H,6H2/b7-6-;. The summed E-state index contributed by atoms with van der Waals surface area (Å²) in [7, 11) is 0. The average molecular weight is 278 g/mol. The predicted molar refractivity (Wildman–Crippen MR) is 78.2 cm³/mol. The molecule has 0 aliphatic carbocycles. The Bertz CT molecular complexity index is 410. The van der Waals surface area contributed by atoms with Gasteiger partial charge in [0.2, 0.25) is 0 Å². The van der Waals surface area contributed by atoms with Gasteiger partial charge in [0.05, 0.1) is 25.0 Å². The second-order valence-electron chi connectivity index (χ2n) is 3.83. The van der Waals surface area contributed by atoms with Crippen molar-refractivity contribution in [2.45, 2.75) is 27.2 Å². The fourth-order valence-electron chi connectivity index (χ4n) is 1.21. The zero-order valence-electron chi connectivity index (χ0n) is 12.3. The minimum atomic E-state index is -0.319. The number of carbonyl (C=O) groups excluding carboxylic acids is 2. The maximum atomic E-state index is 10.9. The van der Waals surface area contributed by atoms with Crippen LogP contribution in [0.4, 0.5) is 0 Å². The Morgan fingerprint density at radius 3 is 2.30 bits per heavy atom. The van der Waals surface area contributed by atoms with Crippen LogP contribution in [0, 0.1) is 0 Å². The smallest absolute Gasteiger partial charge is 0.336 e.